The Kier molecular flexibility index (Phi) is 7.77. The number of carboxylic acid groups (broad SMARTS) is 1. The number of thioether (sulfide) groups is 1. The Bertz CT molecular complexity index is 339. The Labute approximate surface area is 108 Å². The molecule has 102 valence electrons. The molecule has 0 aromatic heterocycles. The third kappa shape index (κ3) is 8.57. The second-order valence-corrected chi connectivity index (χ2v) is 4.54. The summed E-state index contributed by atoms with van der Waals surface area (Å²) in [5.74, 6) is -2.01. The number of esters is 1. The fourth-order valence-corrected chi connectivity index (χ4v) is 1.49. The molecule has 0 heterocycles. The first-order valence-corrected chi connectivity index (χ1v) is 5.92. The van der Waals surface area contributed by atoms with Gasteiger partial charge in [0.2, 0.25) is 6.79 Å². The summed E-state index contributed by atoms with van der Waals surface area (Å²) in [6, 6.07) is 0. The predicted octanol–water partition coefficient (Wildman–Crippen LogP) is 1.20. The molecular weight excluding hydrogens is 264 g/mol. The SMILES string of the molecule is CC(=O)OCOC(=O)SC(C)C(=O)CCC(=O)O. The van der Waals surface area contributed by atoms with Crippen molar-refractivity contribution in [1.82, 2.24) is 0 Å². The van der Waals surface area contributed by atoms with Crippen LogP contribution in [0.2, 0.25) is 0 Å². The molecule has 0 bridgehead atoms. The quantitative estimate of drug-likeness (QED) is 0.546. The lowest BCUT2D eigenvalue weighted by Gasteiger charge is -2.08. The van der Waals surface area contributed by atoms with Crippen LogP contribution in [-0.4, -0.2) is 40.2 Å². The van der Waals surface area contributed by atoms with E-state index in [4.69, 9.17) is 5.11 Å². The summed E-state index contributed by atoms with van der Waals surface area (Å²) in [4.78, 5) is 43.2. The van der Waals surface area contributed by atoms with Gasteiger partial charge in [0.1, 0.15) is 5.78 Å². The van der Waals surface area contributed by atoms with Gasteiger partial charge in [-0.15, -0.1) is 0 Å². The smallest absolute Gasteiger partial charge is 0.370 e. The summed E-state index contributed by atoms with van der Waals surface area (Å²) >= 11 is 0.616. The first-order chi connectivity index (χ1) is 8.32. The summed E-state index contributed by atoms with van der Waals surface area (Å²) in [6.45, 7) is 2.14. The molecule has 0 spiro atoms. The van der Waals surface area contributed by atoms with Crippen molar-refractivity contribution in [2.45, 2.75) is 31.9 Å². The van der Waals surface area contributed by atoms with Gasteiger partial charge in [0.25, 0.3) is 0 Å². The van der Waals surface area contributed by atoms with Crippen LogP contribution in [0, 0.1) is 0 Å². The van der Waals surface area contributed by atoms with Crippen LogP contribution in [0.15, 0.2) is 0 Å². The van der Waals surface area contributed by atoms with Gasteiger partial charge >= 0.3 is 17.2 Å². The number of hydrogen-bond acceptors (Lipinski definition) is 7. The van der Waals surface area contributed by atoms with Crippen LogP contribution in [0.5, 0.6) is 0 Å². The molecule has 0 aliphatic carbocycles. The molecular formula is C10H14O7S. The monoisotopic (exact) mass is 278 g/mol. The second-order valence-electron chi connectivity index (χ2n) is 3.27. The molecule has 0 aromatic carbocycles. The Morgan fingerprint density at radius 2 is 1.78 bits per heavy atom. The standard InChI is InChI=1S/C10H14O7S/c1-6(8(12)3-4-9(13)14)18-10(15)17-5-16-7(2)11/h6H,3-5H2,1-2H3,(H,13,14). The van der Waals surface area contributed by atoms with E-state index in [0.717, 1.165) is 0 Å². The van der Waals surface area contributed by atoms with Gasteiger partial charge in [-0.05, 0) is 18.7 Å². The van der Waals surface area contributed by atoms with Crippen LogP contribution in [0.25, 0.3) is 0 Å². The van der Waals surface area contributed by atoms with Gasteiger partial charge in [-0.1, -0.05) is 0 Å². The Hall–Kier alpha value is -1.57. The van der Waals surface area contributed by atoms with Gasteiger partial charge in [-0.2, -0.15) is 0 Å². The molecule has 0 saturated heterocycles. The predicted molar refractivity (Wildman–Crippen MR) is 62.0 cm³/mol. The van der Waals surface area contributed by atoms with Crippen molar-refractivity contribution in [3.8, 4) is 0 Å². The lowest BCUT2D eigenvalue weighted by atomic mass is 10.2. The molecule has 0 aliphatic heterocycles. The molecule has 0 saturated carbocycles. The zero-order valence-corrected chi connectivity index (χ0v) is 10.8. The zero-order chi connectivity index (χ0) is 14.1. The van der Waals surface area contributed by atoms with E-state index >= 15 is 0 Å². The molecule has 0 rings (SSSR count). The number of carboxylic acids is 1. The fraction of sp³-hybridized carbons (Fsp3) is 0.600. The average Bonchev–Trinajstić information content (AvgIpc) is 2.24. The average molecular weight is 278 g/mol. The largest absolute Gasteiger partial charge is 0.481 e. The third-order valence-corrected chi connectivity index (χ3v) is 2.68. The Balaban J connectivity index is 3.88. The maximum atomic E-state index is 11.4. The highest BCUT2D eigenvalue weighted by atomic mass is 32.2. The maximum absolute atomic E-state index is 11.4. The van der Waals surface area contributed by atoms with E-state index in [1.165, 1.54) is 13.8 Å². The van der Waals surface area contributed by atoms with E-state index in [1.807, 2.05) is 0 Å². The number of carbonyl (C=O) groups excluding carboxylic acids is 3. The lowest BCUT2D eigenvalue weighted by molar-refractivity contribution is -0.148. The number of aliphatic carboxylic acids is 1. The van der Waals surface area contributed by atoms with Crippen LogP contribution in [-0.2, 0) is 23.9 Å². The minimum Gasteiger partial charge on any atom is -0.481 e. The second kappa shape index (κ2) is 8.51. The number of hydrogen-bond donors (Lipinski definition) is 1. The van der Waals surface area contributed by atoms with Crippen molar-refractivity contribution in [3.63, 3.8) is 0 Å². The molecule has 0 radical (unpaired) electrons. The fourth-order valence-electron chi connectivity index (χ4n) is 0.838. The number of ketones is 1. The van der Waals surface area contributed by atoms with E-state index in [-0.39, 0.29) is 18.6 Å². The van der Waals surface area contributed by atoms with Crippen molar-refractivity contribution < 1.29 is 33.8 Å². The number of carbonyl (C=O) groups is 4. The van der Waals surface area contributed by atoms with Crippen LogP contribution < -0.4 is 0 Å². The van der Waals surface area contributed by atoms with Gasteiger partial charge in [-0.3, -0.25) is 14.4 Å². The molecule has 0 amide bonds. The van der Waals surface area contributed by atoms with Crippen molar-refractivity contribution in [2.24, 2.45) is 0 Å². The highest BCUT2D eigenvalue weighted by Crippen LogP contribution is 2.16. The van der Waals surface area contributed by atoms with E-state index in [9.17, 15) is 19.2 Å². The van der Waals surface area contributed by atoms with Crippen molar-refractivity contribution in [3.05, 3.63) is 0 Å². The highest BCUT2D eigenvalue weighted by Gasteiger charge is 2.19. The Morgan fingerprint density at radius 1 is 1.17 bits per heavy atom. The summed E-state index contributed by atoms with van der Waals surface area (Å²) < 4.78 is 8.89. The first kappa shape index (κ1) is 16.4. The van der Waals surface area contributed by atoms with Crippen molar-refractivity contribution >= 4 is 34.8 Å². The van der Waals surface area contributed by atoms with E-state index in [1.54, 1.807) is 0 Å². The molecule has 8 heteroatoms. The van der Waals surface area contributed by atoms with E-state index in [0.29, 0.717) is 11.8 Å². The molecule has 0 fully saturated rings. The number of ether oxygens (including phenoxy) is 2. The lowest BCUT2D eigenvalue weighted by Crippen LogP contribution is -2.18. The molecule has 0 aliphatic rings. The first-order valence-electron chi connectivity index (χ1n) is 5.04. The topological polar surface area (TPSA) is 107 Å². The zero-order valence-electron chi connectivity index (χ0n) is 10.0. The van der Waals surface area contributed by atoms with Gasteiger partial charge in [0, 0.05) is 13.3 Å². The highest BCUT2D eigenvalue weighted by molar-refractivity contribution is 8.14. The van der Waals surface area contributed by atoms with Crippen LogP contribution in [0.3, 0.4) is 0 Å². The number of Topliss-reactive ketones (excluding diaryl/α,β-unsaturated/α-hetero) is 1. The normalized spacial score (nSPS) is 11.4. The molecule has 1 unspecified atom stereocenters. The maximum Gasteiger partial charge on any atom is 0.370 e. The molecule has 0 aromatic rings. The van der Waals surface area contributed by atoms with Crippen LogP contribution in [0.4, 0.5) is 4.79 Å². The molecule has 18 heavy (non-hydrogen) atoms. The number of rotatable bonds is 7. The van der Waals surface area contributed by atoms with Crippen molar-refractivity contribution in [2.75, 3.05) is 6.79 Å². The molecule has 7 nitrogen and oxygen atoms in total. The van der Waals surface area contributed by atoms with Gasteiger partial charge in [-0.25, -0.2) is 4.79 Å². The van der Waals surface area contributed by atoms with Crippen LogP contribution in [0.1, 0.15) is 26.7 Å². The molecule has 1 atom stereocenters. The van der Waals surface area contributed by atoms with Gasteiger partial charge in [0.05, 0.1) is 11.7 Å². The third-order valence-electron chi connectivity index (χ3n) is 1.75. The van der Waals surface area contributed by atoms with E-state index < -0.39 is 29.3 Å². The summed E-state index contributed by atoms with van der Waals surface area (Å²) in [5.41, 5.74) is 0. The summed E-state index contributed by atoms with van der Waals surface area (Å²) in [6.07, 6.45) is -0.410. The minimum absolute atomic E-state index is 0.138. The van der Waals surface area contributed by atoms with Gasteiger partial charge in [0.15, 0.2) is 0 Å². The van der Waals surface area contributed by atoms with Crippen LogP contribution >= 0.6 is 11.8 Å². The molecule has 1 N–H and O–H groups in total. The minimum atomic E-state index is -1.07. The van der Waals surface area contributed by atoms with Crippen molar-refractivity contribution in [1.29, 1.82) is 0 Å². The van der Waals surface area contributed by atoms with Gasteiger partial charge < -0.3 is 14.6 Å². The summed E-state index contributed by atoms with van der Waals surface area (Å²) in [7, 11) is 0. The summed E-state index contributed by atoms with van der Waals surface area (Å²) in [5, 5.41) is 6.94. The van der Waals surface area contributed by atoms with E-state index in [2.05, 4.69) is 9.47 Å². The Morgan fingerprint density at radius 3 is 2.28 bits per heavy atom.